The maximum atomic E-state index is 13.0. The van der Waals surface area contributed by atoms with Crippen LogP contribution in [0, 0.1) is 6.92 Å². The molecule has 0 spiro atoms. The van der Waals surface area contributed by atoms with Crippen LogP contribution in [0.15, 0.2) is 53.2 Å². The molecule has 4 rings (SSSR count). The number of nitrogens with one attached hydrogen (secondary N) is 1. The maximum Gasteiger partial charge on any atom is 0.283 e. The summed E-state index contributed by atoms with van der Waals surface area (Å²) >= 11 is 12.3. The molecule has 2 aliphatic rings. The van der Waals surface area contributed by atoms with Crippen molar-refractivity contribution in [2.75, 3.05) is 23.3 Å². The van der Waals surface area contributed by atoms with Crippen LogP contribution in [0.4, 0.5) is 11.4 Å². The fourth-order valence-corrected chi connectivity index (χ4v) is 4.19. The quantitative estimate of drug-likeness (QED) is 0.674. The number of hydrogen-bond donors (Lipinski definition) is 1. The minimum Gasteiger partial charge on any atom is -0.350 e. The summed E-state index contributed by atoms with van der Waals surface area (Å²) < 4.78 is 0. The highest BCUT2D eigenvalue weighted by Gasteiger charge is 2.39. The van der Waals surface area contributed by atoms with E-state index in [0.29, 0.717) is 27.5 Å². The van der Waals surface area contributed by atoms with Crippen LogP contribution >= 0.6 is 23.2 Å². The van der Waals surface area contributed by atoms with E-state index in [1.165, 1.54) is 0 Å². The predicted molar refractivity (Wildman–Crippen MR) is 121 cm³/mol. The second kappa shape index (κ2) is 8.73. The molecule has 160 valence electrons. The summed E-state index contributed by atoms with van der Waals surface area (Å²) in [5.74, 6) is -1.25. The molecule has 1 saturated heterocycles. The Balaban J connectivity index is 1.58. The third-order valence-corrected chi connectivity index (χ3v) is 6.05. The number of carbonyl (C=O) groups is 3. The number of rotatable bonds is 4. The van der Waals surface area contributed by atoms with E-state index < -0.39 is 11.8 Å². The Morgan fingerprint density at radius 1 is 0.968 bits per heavy atom. The molecule has 1 N–H and O–H groups in total. The van der Waals surface area contributed by atoms with Gasteiger partial charge < -0.3 is 10.2 Å². The van der Waals surface area contributed by atoms with Gasteiger partial charge in [0.05, 0.1) is 5.69 Å². The van der Waals surface area contributed by atoms with Crippen LogP contribution in [0.3, 0.4) is 0 Å². The van der Waals surface area contributed by atoms with Crippen molar-refractivity contribution in [1.82, 2.24) is 4.90 Å². The summed E-state index contributed by atoms with van der Waals surface area (Å²) in [6, 6.07) is 11.8. The van der Waals surface area contributed by atoms with Gasteiger partial charge in [-0.05, 0) is 62.1 Å². The van der Waals surface area contributed by atoms with Crippen molar-refractivity contribution in [3.05, 3.63) is 69.3 Å². The minimum atomic E-state index is -0.625. The van der Waals surface area contributed by atoms with Gasteiger partial charge in [-0.2, -0.15) is 0 Å². The van der Waals surface area contributed by atoms with Crippen LogP contribution in [0.1, 0.15) is 35.2 Å². The van der Waals surface area contributed by atoms with Crippen molar-refractivity contribution in [1.29, 1.82) is 0 Å². The first-order valence-electron chi connectivity index (χ1n) is 10.1. The molecule has 0 bridgehead atoms. The van der Waals surface area contributed by atoms with Crippen molar-refractivity contribution in [3.8, 4) is 0 Å². The molecule has 2 aliphatic heterocycles. The lowest BCUT2D eigenvalue weighted by molar-refractivity contribution is -0.120. The number of hydrogen-bond acceptors (Lipinski definition) is 4. The van der Waals surface area contributed by atoms with Gasteiger partial charge >= 0.3 is 0 Å². The van der Waals surface area contributed by atoms with Crippen LogP contribution in [-0.4, -0.2) is 35.7 Å². The lowest BCUT2D eigenvalue weighted by atomic mass is 10.1. The molecule has 31 heavy (non-hydrogen) atoms. The number of carbonyl (C=O) groups excluding carboxylic acids is 3. The fraction of sp³-hybridized carbons (Fsp3) is 0.261. The number of likely N-dealkylation sites (tertiary alicyclic amines) is 1. The van der Waals surface area contributed by atoms with Crippen LogP contribution in [0.25, 0.3) is 0 Å². The van der Waals surface area contributed by atoms with E-state index in [2.05, 4.69) is 5.32 Å². The smallest absolute Gasteiger partial charge is 0.283 e. The summed E-state index contributed by atoms with van der Waals surface area (Å²) in [6.07, 6.45) is 3.14. The molecule has 0 unspecified atom stereocenters. The highest BCUT2D eigenvalue weighted by atomic mass is 35.5. The van der Waals surface area contributed by atoms with Gasteiger partial charge in [0.1, 0.15) is 10.7 Å². The van der Waals surface area contributed by atoms with Crippen molar-refractivity contribution in [3.63, 3.8) is 0 Å². The third kappa shape index (κ3) is 4.18. The normalized spacial score (nSPS) is 16.9. The second-order valence-corrected chi connectivity index (χ2v) is 8.44. The van der Waals surface area contributed by atoms with E-state index in [-0.39, 0.29) is 16.6 Å². The highest BCUT2D eigenvalue weighted by molar-refractivity contribution is 6.53. The molecule has 0 aliphatic carbocycles. The number of aryl methyl sites for hydroxylation is 1. The predicted octanol–water partition coefficient (Wildman–Crippen LogP) is 4.71. The summed E-state index contributed by atoms with van der Waals surface area (Å²) in [5.41, 5.74) is 2.08. The van der Waals surface area contributed by atoms with E-state index >= 15 is 0 Å². The fourth-order valence-electron chi connectivity index (χ4n) is 3.81. The molecule has 0 atom stereocenters. The van der Waals surface area contributed by atoms with E-state index in [9.17, 15) is 14.4 Å². The largest absolute Gasteiger partial charge is 0.350 e. The molecular formula is C23H21Cl2N3O3. The average molecular weight is 458 g/mol. The topological polar surface area (TPSA) is 69.7 Å². The summed E-state index contributed by atoms with van der Waals surface area (Å²) in [4.78, 5) is 41.4. The van der Waals surface area contributed by atoms with Gasteiger partial charge in [-0.25, -0.2) is 4.90 Å². The van der Waals surface area contributed by atoms with Gasteiger partial charge in [-0.1, -0.05) is 35.3 Å². The van der Waals surface area contributed by atoms with Crippen molar-refractivity contribution in [2.24, 2.45) is 0 Å². The Morgan fingerprint density at radius 3 is 2.45 bits per heavy atom. The van der Waals surface area contributed by atoms with Crippen LogP contribution in [0.5, 0.6) is 0 Å². The lowest BCUT2D eigenvalue weighted by Gasteiger charge is -2.26. The van der Waals surface area contributed by atoms with Crippen molar-refractivity contribution < 1.29 is 14.4 Å². The van der Waals surface area contributed by atoms with Gasteiger partial charge in [-0.3, -0.25) is 14.4 Å². The standard InChI is InChI=1S/C23H21Cl2N3O3/c1-14-8-9-16(24)13-18(14)28-22(30)19(25)20(23(28)31)26-17-7-5-6-15(12-17)21(29)27-10-3-2-4-11-27/h5-9,12-13,26H,2-4,10-11H2,1H3. The molecule has 6 nitrogen and oxygen atoms in total. The summed E-state index contributed by atoms with van der Waals surface area (Å²) in [5, 5.41) is 3.13. The number of anilines is 2. The first-order chi connectivity index (χ1) is 14.9. The molecule has 2 aromatic carbocycles. The average Bonchev–Trinajstić information content (AvgIpc) is 2.99. The van der Waals surface area contributed by atoms with Gasteiger partial charge in [0.25, 0.3) is 17.7 Å². The Kier molecular flexibility index (Phi) is 6.03. The number of benzene rings is 2. The van der Waals surface area contributed by atoms with Gasteiger partial charge in [0, 0.05) is 29.4 Å². The number of halogens is 2. The molecule has 0 aromatic heterocycles. The first-order valence-corrected chi connectivity index (χ1v) is 10.8. The summed E-state index contributed by atoms with van der Waals surface area (Å²) in [7, 11) is 0. The highest BCUT2D eigenvalue weighted by Crippen LogP contribution is 2.33. The number of imide groups is 1. The molecule has 1 fully saturated rings. The van der Waals surface area contributed by atoms with Gasteiger partial charge in [0.15, 0.2) is 0 Å². The SMILES string of the molecule is Cc1ccc(Cl)cc1N1C(=O)C(Cl)=C(Nc2cccc(C(=O)N3CCCCC3)c2)C1=O. The molecule has 0 saturated carbocycles. The Morgan fingerprint density at radius 2 is 1.71 bits per heavy atom. The van der Waals surface area contributed by atoms with Gasteiger partial charge in [-0.15, -0.1) is 0 Å². The maximum absolute atomic E-state index is 13.0. The van der Waals surface area contributed by atoms with Gasteiger partial charge in [0.2, 0.25) is 0 Å². The molecule has 3 amide bonds. The van der Waals surface area contributed by atoms with E-state index in [1.54, 1.807) is 49.4 Å². The number of amides is 3. The number of nitrogens with zero attached hydrogens (tertiary/aromatic N) is 2. The van der Waals surface area contributed by atoms with Crippen molar-refractivity contribution in [2.45, 2.75) is 26.2 Å². The van der Waals surface area contributed by atoms with E-state index in [4.69, 9.17) is 23.2 Å². The van der Waals surface area contributed by atoms with Crippen molar-refractivity contribution >= 4 is 52.3 Å². The van der Waals surface area contributed by atoms with Crippen LogP contribution in [0.2, 0.25) is 5.02 Å². The monoisotopic (exact) mass is 457 g/mol. The molecule has 2 aromatic rings. The molecule has 8 heteroatoms. The van der Waals surface area contributed by atoms with E-state index in [1.807, 2.05) is 4.90 Å². The Hall–Kier alpha value is -2.83. The Bertz CT molecular complexity index is 1110. The van der Waals surface area contributed by atoms with Crippen LogP contribution < -0.4 is 10.2 Å². The van der Waals surface area contributed by atoms with E-state index in [0.717, 1.165) is 37.3 Å². The van der Waals surface area contributed by atoms with Crippen LogP contribution in [-0.2, 0) is 9.59 Å². The summed E-state index contributed by atoms with van der Waals surface area (Å²) in [6.45, 7) is 3.27. The molecule has 0 radical (unpaired) electrons. The Labute approximate surface area is 190 Å². The third-order valence-electron chi connectivity index (χ3n) is 5.46. The molecule has 2 heterocycles. The zero-order valence-corrected chi connectivity index (χ0v) is 18.5. The molecular weight excluding hydrogens is 437 g/mol. The lowest BCUT2D eigenvalue weighted by Crippen LogP contribution is -2.35. The first kappa shape index (κ1) is 21.4. The number of piperidine rings is 1. The zero-order valence-electron chi connectivity index (χ0n) is 17.0. The zero-order chi connectivity index (χ0) is 22.1. The second-order valence-electron chi connectivity index (χ2n) is 7.62. The minimum absolute atomic E-state index is 0.0337.